The molecule has 0 bridgehead atoms. The van der Waals surface area contributed by atoms with Crippen molar-refractivity contribution in [1.29, 1.82) is 0 Å². The van der Waals surface area contributed by atoms with Gasteiger partial charge in [0.15, 0.2) is 11.5 Å². The van der Waals surface area contributed by atoms with Gasteiger partial charge >= 0.3 is 0 Å². The summed E-state index contributed by atoms with van der Waals surface area (Å²) in [7, 11) is 3.09. The molecule has 4 nitrogen and oxygen atoms in total. The minimum Gasteiger partial charge on any atom is -0.504 e. The van der Waals surface area contributed by atoms with Gasteiger partial charge in [-0.3, -0.25) is 0 Å². The molecule has 0 amide bonds. The van der Waals surface area contributed by atoms with E-state index in [1.807, 2.05) is 19.9 Å². The van der Waals surface area contributed by atoms with Gasteiger partial charge in [-0.25, -0.2) is 0 Å². The molecule has 84 valence electrons. The number of hydrogen-bond donors (Lipinski definition) is 2. The zero-order valence-electron chi connectivity index (χ0n) is 9.55. The number of aromatic hydroxyl groups is 1. The Labute approximate surface area is 89.8 Å². The monoisotopic (exact) mass is 211 g/mol. The molecule has 1 aromatic carbocycles. The maximum atomic E-state index is 9.86. The van der Waals surface area contributed by atoms with Crippen LogP contribution in [-0.2, 0) is 11.4 Å². The smallest absolute Gasteiger partial charge is 0.165 e. The van der Waals surface area contributed by atoms with Gasteiger partial charge in [-0.2, -0.15) is 5.48 Å². The van der Waals surface area contributed by atoms with Crippen LogP contribution in [0.15, 0.2) is 6.07 Å². The molecule has 2 N–H and O–H groups in total. The van der Waals surface area contributed by atoms with Crippen LogP contribution in [0.25, 0.3) is 0 Å². The molecule has 1 aromatic rings. The molecule has 0 saturated carbocycles. The summed E-state index contributed by atoms with van der Waals surface area (Å²) >= 11 is 0. The van der Waals surface area contributed by atoms with Gasteiger partial charge in [-0.15, -0.1) is 0 Å². The second kappa shape index (κ2) is 5.00. The molecule has 0 spiro atoms. The third-order valence-corrected chi connectivity index (χ3v) is 2.46. The Hall–Kier alpha value is -1.26. The molecule has 0 aliphatic heterocycles. The van der Waals surface area contributed by atoms with Gasteiger partial charge in [0.25, 0.3) is 0 Å². The quantitative estimate of drug-likeness (QED) is 0.744. The average Bonchev–Trinajstić information content (AvgIpc) is 2.23. The third-order valence-electron chi connectivity index (χ3n) is 2.46. The molecule has 0 fully saturated rings. The highest BCUT2D eigenvalue weighted by atomic mass is 16.6. The van der Waals surface area contributed by atoms with E-state index in [1.54, 1.807) is 14.2 Å². The minimum atomic E-state index is 0.199. The molecule has 0 aliphatic carbocycles. The maximum Gasteiger partial charge on any atom is 0.165 e. The summed E-state index contributed by atoms with van der Waals surface area (Å²) in [6.07, 6.45) is 0. The van der Waals surface area contributed by atoms with Crippen molar-refractivity contribution in [3.05, 3.63) is 22.8 Å². The number of benzene rings is 1. The van der Waals surface area contributed by atoms with Crippen LogP contribution in [0.1, 0.15) is 16.7 Å². The molecule has 0 aromatic heterocycles. The first-order chi connectivity index (χ1) is 7.11. The predicted octanol–water partition coefficient (Wildman–Crippen LogP) is 1.67. The first-order valence-corrected chi connectivity index (χ1v) is 4.73. The number of nitrogens with one attached hydrogen (secondary N) is 1. The molecular formula is C11H17NO3. The molecule has 0 atom stereocenters. The van der Waals surface area contributed by atoms with Crippen LogP contribution >= 0.6 is 0 Å². The van der Waals surface area contributed by atoms with Gasteiger partial charge < -0.3 is 14.7 Å². The summed E-state index contributed by atoms with van der Waals surface area (Å²) < 4.78 is 5.16. The highest BCUT2D eigenvalue weighted by Crippen LogP contribution is 2.35. The van der Waals surface area contributed by atoms with Crippen molar-refractivity contribution < 1.29 is 14.7 Å². The number of hydroxylamine groups is 1. The van der Waals surface area contributed by atoms with Crippen LogP contribution in [0, 0.1) is 13.8 Å². The lowest BCUT2D eigenvalue weighted by atomic mass is 10.0. The summed E-state index contributed by atoms with van der Waals surface area (Å²) in [6.45, 7) is 4.31. The average molecular weight is 211 g/mol. The van der Waals surface area contributed by atoms with E-state index < -0.39 is 0 Å². The highest BCUT2D eigenvalue weighted by molar-refractivity contribution is 5.53. The van der Waals surface area contributed by atoms with Crippen LogP contribution in [0.2, 0.25) is 0 Å². The number of hydrogen-bond acceptors (Lipinski definition) is 4. The number of phenolic OH excluding ortho intramolecular Hbond substituents is 1. The Morgan fingerprint density at radius 3 is 2.53 bits per heavy atom. The molecule has 0 heterocycles. The number of rotatable bonds is 4. The van der Waals surface area contributed by atoms with E-state index in [0.29, 0.717) is 12.3 Å². The summed E-state index contributed by atoms with van der Waals surface area (Å²) in [5, 5.41) is 9.86. The van der Waals surface area contributed by atoms with Gasteiger partial charge in [-0.1, -0.05) is 6.07 Å². The van der Waals surface area contributed by atoms with Crippen LogP contribution in [-0.4, -0.2) is 19.3 Å². The fourth-order valence-corrected chi connectivity index (χ4v) is 1.45. The van der Waals surface area contributed by atoms with Crippen molar-refractivity contribution in [2.75, 3.05) is 14.2 Å². The van der Waals surface area contributed by atoms with Crippen molar-refractivity contribution in [1.82, 2.24) is 5.48 Å². The largest absolute Gasteiger partial charge is 0.504 e. The molecular weight excluding hydrogens is 194 g/mol. The van der Waals surface area contributed by atoms with Gasteiger partial charge in [0.1, 0.15) is 0 Å². The Kier molecular flexibility index (Phi) is 3.94. The molecule has 0 saturated heterocycles. The second-order valence-corrected chi connectivity index (χ2v) is 3.38. The van der Waals surface area contributed by atoms with Crippen molar-refractivity contribution >= 4 is 0 Å². The second-order valence-electron chi connectivity index (χ2n) is 3.38. The molecule has 0 radical (unpaired) electrons. The van der Waals surface area contributed by atoms with Gasteiger partial charge in [0.2, 0.25) is 0 Å². The molecule has 4 heteroatoms. The van der Waals surface area contributed by atoms with Crippen molar-refractivity contribution in [2.24, 2.45) is 0 Å². The fraction of sp³-hybridized carbons (Fsp3) is 0.455. The van der Waals surface area contributed by atoms with E-state index in [2.05, 4.69) is 5.48 Å². The molecule has 15 heavy (non-hydrogen) atoms. The Morgan fingerprint density at radius 2 is 2.00 bits per heavy atom. The molecule has 1 rings (SSSR count). The summed E-state index contributed by atoms with van der Waals surface area (Å²) in [4.78, 5) is 4.77. The lowest BCUT2D eigenvalue weighted by molar-refractivity contribution is 0.0860. The summed E-state index contributed by atoms with van der Waals surface area (Å²) in [6, 6.07) is 1.97. The third kappa shape index (κ3) is 2.40. The Bertz CT molecular complexity index is 350. The van der Waals surface area contributed by atoms with Crippen molar-refractivity contribution in [3.63, 3.8) is 0 Å². The van der Waals surface area contributed by atoms with Crippen LogP contribution < -0.4 is 10.2 Å². The zero-order chi connectivity index (χ0) is 11.4. The van der Waals surface area contributed by atoms with Crippen molar-refractivity contribution in [2.45, 2.75) is 20.4 Å². The van der Waals surface area contributed by atoms with Crippen LogP contribution in [0.3, 0.4) is 0 Å². The number of phenols is 1. The summed E-state index contributed by atoms with van der Waals surface area (Å²) in [5.41, 5.74) is 5.47. The van der Waals surface area contributed by atoms with E-state index >= 15 is 0 Å². The van der Waals surface area contributed by atoms with Crippen molar-refractivity contribution in [3.8, 4) is 11.5 Å². The normalized spacial score (nSPS) is 10.4. The van der Waals surface area contributed by atoms with Crippen LogP contribution in [0.4, 0.5) is 0 Å². The highest BCUT2D eigenvalue weighted by Gasteiger charge is 2.13. The Balaban J connectivity index is 3.13. The maximum absolute atomic E-state index is 9.86. The standard InChI is InChI=1S/C11H17NO3/c1-7-5-9(6-12-15-4)11(14-3)10(13)8(7)2/h5,12-13H,6H2,1-4H3. The minimum absolute atomic E-state index is 0.199. The predicted molar refractivity (Wildman–Crippen MR) is 58.0 cm³/mol. The van der Waals surface area contributed by atoms with E-state index in [0.717, 1.165) is 16.7 Å². The van der Waals surface area contributed by atoms with Gasteiger partial charge in [-0.05, 0) is 25.0 Å². The van der Waals surface area contributed by atoms with E-state index in [9.17, 15) is 5.11 Å². The Morgan fingerprint density at radius 1 is 1.33 bits per heavy atom. The van der Waals surface area contributed by atoms with E-state index in [4.69, 9.17) is 9.57 Å². The molecule has 0 aliphatic rings. The van der Waals surface area contributed by atoms with Gasteiger partial charge in [0, 0.05) is 12.1 Å². The zero-order valence-corrected chi connectivity index (χ0v) is 9.55. The van der Waals surface area contributed by atoms with E-state index in [-0.39, 0.29) is 5.75 Å². The lowest BCUT2D eigenvalue weighted by Gasteiger charge is -2.14. The van der Waals surface area contributed by atoms with E-state index in [1.165, 1.54) is 0 Å². The fourth-order valence-electron chi connectivity index (χ4n) is 1.45. The number of aryl methyl sites for hydroxylation is 1. The SMILES string of the molecule is CONCc1cc(C)c(C)c(O)c1OC. The summed E-state index contributed by atoms with van der Waals surface area (Å²) in [5.74, 6) is 0.702. The number of methoxy groups -OCH3 is 1. The molecule has 0 unspecified atom stereocenters. The first kappa shape index (κ1) is 11.8. The van der Waals surface area contributed by atoms with Crippen LogP contribution in [0.5, 0.6) is 11.5 Å². The first-order valence-electron chi connectivity index (χ1n) is 4.73. The lowest BCUT2D eigenvalue weighted by Crippen LogP contribution is -2.12. The topological polar surface area (TPSA) is 50.7 Å². The van der Waals surface area contributed by atoms with Gasteiger partial charge in [0.05, 0.1) is 14.2 Å². The number of ether oxygens (including phenoxy) is 1.